The second-order valence-electron chi connectivity index (χ2n) is 5.65. The Kier molecular flexibility index (Phi) is 11.2. The van der Waals surface area contributed by atoms with Gasteiger partial charge in [0.15, 0.2) is 0 Å². The molecule has 0 aromatic heterocycles. The van der Waals surface area contributed by atoms with Crippen LogP contribution in [0.2, 0.25) is 0 Å². The first kappa shape index (κ1) is 17.9. The molecule has 0 amide bonds. The molecule has 0 aromatic carbocycles. The van der Waals surface area contributed by atoms with E-state index < -0.39 is 0 Å². The topological polar surface area (TPSA) is 33.7 Å². The van der Waals surface area contributed by atoms with Crippen molar-refractivity contribution in [2.75, 3.05) is 52.5 Å². The van der Waals surface area contributed by atoms with Crippen molar-refractivity contribution in [3.05, 3.63) is 0 Å². The molecule has 1 N–H and O–H groups in total. The van der Waals surface area contributed by atoms with Crippen molar-refractivity contribution >= 4 is 0 Å². The Hall–Kier alpha value is -0.160. The smallest absolute Gasteiger partial charge is 0.0702 e. The summed E-state index contributed by atoms with van der Waals surface area (Å²) in [5.41, 5.74) is 0. The summed E-state index contributed by atoms with van der Waals surface area (Å²) < 4.78 is 11.4. The first-order chi connectivity index (χ1) is 9.86. The summed E-state index contributed by atoms with van der Waals surface area (Å²) in [7, 11) is 0. The average Bonchev–Trinajstić information content (AvgIpc) is 2.48. The van der Waals surface area contributed by atoms with Crippen molar-refractivity contribution in [2.45, 2.75) is 52.1 Å². The Morgan fingerprint density at radius 3 is 2.80 bits per heavy atom. The van der Waals surface area contributed by atoms with Crippen LogP contribution < -0.4 is 5.32 Å². The van der Waals surface area contributed by atoms with Gasteiger partial charge in [0.1, 0.15) is 0 Å². The minimum absolute atomic E-state index is 0.459. The molecule has 1 heterocycles. The molecule has 0 radical (unpaired) electrons. The number of nitrogens with one attached hydrogen (secondary N) is 1. The number of ether oxygens (including phenoxy) is 2. The normalized spacial score (nSPS) is 20.4. The fourth-order valence-corrected chi connectivity index (χ4v) is 2.49. The van der Waals surface area contributed by atoms with Crippen molar-refractivity contribution in [1.82, 2.24) is 10.2 Å². The standard InChI is InChI=1S/C16H34N2O2/c1-3-5-13-19-14-9-17-8-11-18-10-6-7-16(15-18)20-12-4-2/h16-17H,3-15H2,1-2H3. The molecular weight excluding hydrogens is 252 g/mol. The van der Waals surface area contributed by atoms with E-state index in [-0.39, 0.29) is 0 Å². The summed E-state index contributed by atoms with van der Waals surface area (Å²) >= 11 is 0. The highest BCUT2D eigenvalue weighted by molar-refractivity contribution is 4.73. The van der Waals surface area contributed by atoms with E-state index in [1.165, 1.54) is 32.2 Å². The zero-order valence-corrected chi connectivity index (χ0v) is 13.5. The van der Waals surface area contributed by atoms with Crippen LogP contribution in [0.25, 0.3) is 0 Å². The third-order valence-electron chi connectivity index (χ3n) is 3.69. The highest BCUT2D eigenvalue weighted by atomic mass is 16.5. The molecule has 120 valence electrons. The maximum absolute atomic E-state index is 5.86. The summed E-state index contributed by atoms with van der Waals surface area (Å²) in [5.74, 6) is 0. The largest absolute Gasteiger partial charge is 0.380 e. The summed E-state index contributed by atoms with van der Waals surface area (Å²) in [5, 5.41) is 3.46. The van der Waals surface area contributed by atoms with Crippen LogP contribution in [-0.4, -0.2) is 63.5 Å². The molecule has 1 saturated heterocycles. The molecule has 1 atom stereocenters. The van der Waals surface area contributed by atoms with E-state index in [2.05, 4.69) is 24.1 Å². The number of hydrogen-bond donors (Lipinski definition) is 1. The maximum Gasteiger partial charge on any atom is 0.0702 e. The van der Waals surface area contributed by atoms with E-state index in [9.17, 15) is 0 Å². The van der Waals surface area contributed by atoms with Gasteiger partial charge in [0, 0.05) is 39.4 Å². The van der Waals surface area contributed by atoms with E-state index in [1.807, 2.05) is 0 Å². The molecule has 0 aliphatic carbocycles. The van der Waals surface area contributed by atoms with Gasteiger partial charge in [-0.05, 0) is 32.2 Å². The maximum atomic E-state index is 5.86. The number of nitrogens with zero attached hydrogens (tertiary/aromatic N) is 1. The molecule has 1 rings (SSSR count). The minimum Gasteiger partial charge on any atom is -0.380 e. The van der Waals surface area contributed by atoms with Gasteiger partial charge in [-0.15, -0.1) is 0 Å². The fourth-order valence-electron chi connectivity index (χ4n) is 2.49. The second-order valence-corrected chi connectivity index (χ2v) is 5.65. The van der Waals surface area contributed by atoms with Crippen molar-refractivity contribution in [3.8, 4) is 0 Å². The molecule has 1 unspecified atom stereocenters. The molecule has 20 heavy (non-hydrogen) atoms. The van der Waals surface area contributed by atoms with Gasteiger partial charge in [0.25, 0.3) is 0 Å². The van der Waals surface area contributed by atoms with Crippen molar-refractivity contribution in [3.63, 3.8) is 0 Å². The molecule has 1 aliphatic rings. The zero-order chi connectivity index (χ0) is 14.5. The predicted octanol–water partition coefficient (Wildman–Crippen LogP) is 2.28. The predicted molar refractivity (Wildman–Crippen MR) is 84.3 cm³/mol. The third-order valence-corrected chi connectivity index (χ3v) is 3.69. The molecule has 0 bridgehead atoms. The number of unbranched alkanes of at least 4 members (excludes halogenated alkanes) is 1. The zero-order valence-electron chi connectivity index (χ0n) is 13.5. The second kappa shape index (κ2) is 12.6. The van der Waals surface area contributed by atoms with Crippen LogP contribution >= 0.6 is 0 Å². The third kappa shape index (κ3) is 8.90. The molecule has 1 fully saturated rings. The average molecular weight is 286 g/mol. The highest BCUT2D eigenvalue weighted by Crippen LogP contribution is 2.12. The highest BCUT2D eigenvalue weighted by Gasteiger charge is 2.19. The van der Waals surface area contributed by atoms with Crippen LogP contribution in [-0.2, 0) is 9.47 Å². The SMILES string of the molecule is CCCCOCCNCCN1CCCC(OCCC)C1. The monoisotopic (exact) mass is 286 g/mol. The Labute approximate surface area is 125 Å². The van der Waals surface area contributed by atoms with E-state index in [4.69, 9.17) is 9.47 Å². The van der Waals surface area contributed by atoms with E-state index in [0.29, 0.717) is 6.10 Å². The van der Waals surface area contributed by atoms with Gasteiger partial charge in [-0.25, -0.2) is 0 Å². The van der Waals surface area contributed by atoms with Crippen LogP contribution in [0.15, 0.2) is 0 Å². The molecule has 4 heteroatoms. The Balaban J connectivity index is 1.93. The van der Waals surface area contributed by atoms with Gasteiger partial charge in [0.2, 0.25) is 0 Å². The first-order valence-corrected chi connectivity index (χ1v) is 8.49. The van der Waals surface area contributed by atoms with Crippen LogP contribution in [0.1, 0.15) is 46.0 Å². The van der Waals surface area contributed by atoms with Crippen LogP contribution in [0, 0.1) is 0 Å². The first-order valence-electron chi connectivity index (χ1n) is 8.49. The summed E-state index contributed by atoms with van der Waals surface area (Å²) in [4.78, 5) is 2.52. The van der Waals surface area contributed by atoms with E-state index in [1.54, 1.807) is 0 Å². The molecule has 1 aliphatic heterocycles. The molecule has 0 saturated carbocycles. The summed E-state index contributed by atoms with van der Waals surface area (Å²) in [6, 6.07) is 0. The van der Waals surface area contributed by atoms with Gasteiger partial charge in [0.05, 0.1) is 12.7 Å². The molecular formula is C16H34N2O2. The van der Waals surface area contributed by atoms with Crippen LogP contribution in [0.4, 0.5) is 0 Å². The van der Waals surface area contributed by atoms with Gasteiger partial charge < -0.3 is 14.8 Å². The number of rotatable bonds is 12. The van der Waals surface area contributed by atoms with E-state index >= 15 is 0 Å². The quantitative estimate of drug-likeness (QED) is 0.558. The Morgan fingerprint density at radius 2 is 2.00 bits per heavy atom. The van der Waals surface area contributed by atoms with E-state index in [0.717, 1.165) is 52.4 Å². The van der Waals surface area contributed by atoms with Crippen molar-refractivity contribution in [1.29, 1.82) is 0 Å². The molecule has 4 nitrogen and oxygen atoms in total. The van der Waals surface area contributed by atoms with Crippen molar-refractivity contribution < 1.29 is 9.47 Å². The van der Waals surface area contributed by atoms with Crippen LogP contribution in [0.5, 0.6) is 0 Å². The fraction of sp³-hybridized carbons (Fsp3) is 1.00. The lowest BCUT2D eigenvalue weighted by Crippen LogP contribution is -2.43. The van der Waals surface area contributed by atoms with Crippen LogP contribution in [0.3, 0.4) is 0 Å². The Bertz CT molecular complexity index is 215. The van der Waals surface area contributed by atoms with Gasteiger partial charge >= 0.3 is 0 Å². The number of likely N-dealkylation sites (tertiary alicyclic amines) is 1. The lowest BCUT2D eigenvalue weighted by molar-refractivity contribution is 0.000266. The lowest BCUT2D eigenvalue weighted by atomic mass is 10.1. The Morgan fingerprint density at radius 1 is 1.10 bits per heavy atom. The van der Waals surface area contributed by atoms with Crippen molar-refractivity contribution in [2.24, 2.45) is 0 Å². The number of piperidine rings is 1. The summed E-state index contributed by atoms with van der Waals surface area (Å²) in [6.45, 7) is 12.5. The molecule has 0 spiro atoms. The van der Waals surface area contributed by atoms with Gasteiger partial charge in [-0.1, -0.05) is 20.3 Å². The summed E-state index contributed by atoms with van der Waals surface area (Å²) in [6.07, 6.45) is 6.47. The number of hydrogen-bond acceptors (Lipinski definition) is 4. The van der Waals surface area contributed by atoms with Gasteiger partial charge in [-0.3, -0.25) is 4.90 Å². The minimum atomic E-state index is 0.459. The lowest BCUT2D eigenvalue weighted by Gasteiger charge is -2.32. The molecule has 0 aromatic rings. The van der Waals surface area contributed by atoms with Gasteiger partial charge in [-0.2, -0.15) is 0 Å².